The van der Waals surface area contributed by atoms with Crippen molar-refractivity contribution in [2.75, 3.05) is 0 Å². The van der Waals surface area contributed by atoms with Crippen LogP contribution in [-0.4, -0.2) is 20.0 Å². The molecule has 7 heteroatoms. The first-order chi connectivity index (χ1) is 8.69. The van der Waals surface area contributed by atoms with E-state index in [1.165, 1.54) is 0 Å². The molecule has 2 rings (SSSR count). The van der Waals surface area contributed by atoms with Crippen LogP contribution < -0.4 is 4.74 Å². The second-order valence-electron chi connectivity index (χ2n) is 3.39. The Labute approximate surface area is 102 Å². The van der Waals surface area contributed by atoms with Crippen LogP contribution in [0.15, 0.2) is 36.7 Å². The van der Waals surface area contributed by atoms with Crippen LogP contribution in [0.1, 0.15) is 5.56 Å². The molecule has 0 spiro atoms. The second-order valence-corrected chi connectivity index (χ2v) is 3.39. The average molecular weight is 247 g/mol. The number of aliphatic hydroxyl groups excluding tert-OH is 1. The molecular formula is C11H9N3O4. The van der Waals surface area contributed by atoms with Gasteiger partial charge in [-0.3, -0.25) is 10.1 Å². The summed E-state index contributed by atoms with van der Waals surface area (Å²) in [6.45, 7) is -0.0473. The smallest absolute Gasteiger partial charge is 0.322 e. The lowest BCUT2D eigenvalue weighted by Gasteiger charge is -2.03. The number of nitro groups is 1. The Morgan fingerprint density at radius 1 is 1.22 bits per heavy atom. The maximum absolute atomic E-state index is 10.4. The molecule has 18 heavy (non-hydrogen) atoms. The molecule has 0 unspecified atom stereocenters. The van der Waals surface area contributed by atoms with Crippen LogP contribution in [0.2, 0.25) is 0 Å². The Morgan fingerprint density at radius 3 is 2.33 bits per heavy atom. The van der Waals surface area contributed by atoms with Crippen molar-refractivity contribution >= 4 is 5.69 Å². The highest BCUT2D eigenvalue weighted by atomic mass is 16.6. The van der Waals surface area contributed by atoms with E-state index in [1.54, 1.807) is 24.3 Å². The molecule has 1 N–H and O–H groups in total. The Bertz CT molecular complexity index is 539. The van der Waals surface area contributed by atoms with Gasteiger partial charge in [-0.15, -0.1) is 0 Å². The summed E-state index contributed by atoms with van der Waals surface area (Å²) in [5.74, 6) is 0.487. The summed E-state index contributed by atoms with van der Waals surface area (Å²) in [6.07, 6.45) is 2.15. The summed E-state index contributed by atoms with van der Waals surface area (Å²) in [4.78, 5) is 17.2. The average Bonchev–Trinajstić information content (AvgIpc) is 2.40. The molecule has 2 aromatic rings. The van der Waals surface area contributed by atoms with Gasteiger partial charge in [0.2, 0.25) is 0 Å². The van der Waals surface area contributed by atoms with Gasteiger partial charge < -0.3 is 9.84 Å². The van der Waals surface area contributed by atoms with Crippen LogP contribution >= 0.6 is 0 Å². The van der Waals surface area contributed by atoms with Gasteiger partial charge in [0, 0.05) is 0 Å². The van der Waals surface area contributed by atoms with E-state index < -0.39 is 4.92 Å². The van der Waals surface area contributed by atoms with Gasteiger partial charge in [-0.25, -0.2) is 0 Å². The normalized spacial score (nSPS) is 10.1. The Hall–Kier alpha value is -2.54. The number of aromatic nitrogens is 2. The molecule has 0 bridgehead atoms. The van der Waals surface area contributed by atoms with E-state index in [9.17, 15) is 10.1 Å². The van der Waals surface area contributed by atoms with E-state index in [1.807, 2.05) is 0 Å². The first kappa shape index (κ1) is 11.9. The maximum atomic E-state index is 10.4. The van der Waals surface area contributed by atoms with E-state index >= 15 is 0 Å². The Balaban J connectivity index is 2.10. The predicted molar refractivity (Wildman–Crippen MR) is 61.1 cm³/mol. The highest BCUT2D eigenvalue weighted by molar-refractivity contribution is 5.29. The summed E-state index contributed by atoms with van der Waals surface area (Å²) in [5.41, 5.74) is 0.560. The van der Waals surface area contributed by atoms with Crippen LogP contribution in [0, 0.1) is 10.1 Å². The fraction of sp³-hybridized carbons (Fsp3) is 0.0909. The molecule has 0 saturated carbocycles. The zero-order valence-electron chi connectivity index (χ0n) is 9.18. The number of hydrogen-bond acceptors (Lipinski definition) is 6. The molecule has 0 saturated heterocycles. The van der Waals surface area contributed by atoms with Gasteiger partial charge >= 0.3 is 11.7 Å². The van der Waals surface area contributed by atoms with E-state index in [0.29, 0.717) is 5.75 Å². The summed E-state index contributed by atoms with van der Waals surface area (Å²) in [5, 5.41) is 19.3. The Morgan fingerprint density at radius 2 is 1.83 bits per heavy atom. The number of nitrogens with zero attached hydrogens (tertiary/aromatic N) is 3. The number of rotatable bonds is 4. The minimum Gasteiger partial charge on any atom is -0.424 e. The van der Waals surface area contributed by atoms with Crippen molar-refractivity contribution in [1.29, 1.82) is 0 Å². The monoisotopic (exact) mass is 247 g/mol. The van der Waals surface area contributed by atoms with Gasteiger partial charge in [0.1, 0.15) is 18.1 Å². The van der Waals surface area contributed by atoms with E-state index in [4.69, 9.17) is 9.84 Å². The number of aliphatic hydroxyl groups is 1. The van der Waals surface area contributed by atoms with Crippen molar-refractivity contribution in [2.24, 2.45) is 0 Å². The van der Waals surface area contributed by atoms with Crippen molar-refractivity contribution < 1.29 is 14.8 Å². The second kappa shape index (κ2) is 5.19. The first-order valence-electron chi connectivity index (χ1n) is 5.03. The molecule has 0 fully saturated rings. The summed E-state index contributed by atoms with van der Waals surface area (Å²) in [7, 11) is 0. The minimum absolute atomic E-state index is 0.0253. The van der Waals surface area contributed by atoms with Gasteiger partial charge in [0.05, 0.1) is 11.5 Å². The van der Waals surface area contributed by atoms with E-state index in [2.05, 4.69) is 9.97 Å². The molecule has 0 amide bonds. The van der Waals surface area contributed by atoms with Crippen LogP contribution in [-0.2, 0) is 6.61 Å². The largest absolute Gasteiger partial charge is 0.424 e. The lowest BCUT2D eigenvalue weighted by molar-refractivity contribution is -0.385. The molecule has 1 aromatic heterocycles. The van der Waals surface area contributed by atoms with Gasteiger partial charge in [-0.05, 0) is 17.7 Å². The van der Waals surface area contributed by atoms with Crippen molar-refractivity contribution in [3.05, 3.63) is 52.3 Å². The lowest BCUT2D eigenvalue weighted by atomic mass is 10.2. The zero-order chi connectivity index (χ0) is 13.0. The molecular weight excluding hydrogens is 238 g/mol. The quantitative estimate of drug-likeness (QED) is 0.651. The highest BCUT2D eigenvalue weighted by Gasteiger charge is 2.07. The van der Waals surface area contributed by atoms with Crippen LogP contribution in [0.5, 0.6) is 11.8 Å². The third kappa shape index (κ3) is 2.77. The summed E-state index contributed by atoms with van der Waals surface area (Å²) in [6, 6.07) is 6.71. The first-order valence-corrected chi connectivity index (χ1v) is 5.03. The number of hydrogen-bond donors (Lipinski definition) is 1. The van der Waals surface area contributed by atoms with Gasteiger partial charge in [0.25, 0.3) is 0 Å². The third-order valence-electron chi connectivity index (χ3n) is 2.14. The van der Waals surface area contributed by atoms with Crippen molar-refractivity contribution in [3.8, 4) is 11.8 Å². The zero-order valence-corrected chi connectivity index (χ0v) is 9.18. The molecule has 1 aromatic carbocycles. The third-order valence-corrected chi connectivity index (χ3v) is 2.14. The maximum Gasteiger partial charge on any atom is 0.322 e. The fourth-order valence-electron chi connectivity index (χ4n) is 1.22. The van der Waals surface area contributed by atoms with Crippen molar-refractivity contribution in [2.45, 2.75) is 6.61 Å². The van der Waals surface area contributed by atoms with Crippen molar-refractivity contribution in [3.63, 3.8) is 0 Å². The lowest BCUT2D eigenvalue weighted by Crippen LogP contribution is -1.94. The molecule has 92 valence electrons. The molecule has 0 aliphatic heterocycles. The van der Waals surface area contributed by atoms with E-state index in [0.717, 1.165) is 18.0 Å². The standard InChI is InChI=1S/C11H9N3O4/c15-7-8-1-3-10(4-2-8)18-11-12-5-9(6-13-11)14(16)17/h1-6,15H,7H2. The highest BCUT2D eigenvalue weighted by Crippen LogP contribution is 2.19. The van der Waals surface area contributed by atoms with Crippen LogP contribution in [0.4, 0.5) is 5.69 Å². The van der Waals surface area contributed by atoms with Gasteiger partial charge in [-0.2, -0.15) is 9.97 Å². The predicted octanol–water partition coefficient (Wildman–Crippen LogP) is 1.67. The molecule has 0 aliphatic rings. The fourth-order valence-corrected chi connectivity index (χ4v) is 1.22. The van der Waals surface area contributed by atoms with Gasteiger partial charge in [-0.1, -0.05) is 12.1 Å². The minimum atomic E-state index is -0.584. The van der Waals surface area contributed by atoms with Crippen LogP contribution in [0.25, 0.3) is 0 Å². The molecule has 0 atom stereocenters. The molecule has 7 nitrogen and oxygen atoms in total. The number of ether oxygens (including phenoxy) is 1. The Kier molecular flexibility index (Phi) is 3.44. The van der Waals surface area contributed by atoms with Gasteiger partial charge in [0.15, 0.2) is 0 Å². The van der Waals surface area contributed by atoms with Crippen LogP contribution in [0.3, 0.4) is 0 Å². The molecule has 0 aliphatic carbocycles. The van der Waals surface area contributed by atoms with E-state index in [-0.39, 0.29) is 18.3 Å². The number of benzene rings is 1. The topological polar surface area (TPSA) is 98.4 Å². The van der Waals surface area contributed by atoms with Crippen molar-refractivity contribution in [1.82, 2.24) is 9.97 Å². The summed E-state index contributed by atoms with van der Waals surface area (Å²) < 4.78 is 5.29. The molecule has 1 heterocycles. The molecule has 0 radical (unpaired) electrons. The summed E-state index contributed by atoms with van der Waals surface area (Å²) >= 11 is 0. The SMILES string of the molecule is O=[N+]([O-])c1cnc(Oc2ccc(CO)cc2)nc1.